The Morgan fingerprint density at radius 1 is 1.00 bits per heavy atom. The van der Waals surface area contributed by atoms with E-state index in [0.717, 1.165) is 37.1 Å². The molecule has 0 heterocycles. The Labute approximate surface area is 97.6 Å². The van der Waals surface area contributed by atoms with Crippen LogP contribution in [0.5, 0.6) is 0 Å². The van der Waals surface area contributed by atoms with Gasteiger partial charge in [0.15, 0.2) is 0 Å². The number of allylic oxidation sites excluding steroid dienone is 1. The minimum absolute atomic E-state index is 0.0125. The Morgan fingerprint density at radius 3 is 2.38 bits per heavy atom. The summed E-state index contributed by atoms with van der Waals surface area (Å²) in [7, 11) is 0. The number of nitrogens with one attached hydrogen (secondary N) is 1. The Balaban J connectivity index is 2.06. The first-order chi connectivity index (χ1) is 7.68. The van der Waals surface area contributed by atoms with Crippen LogP contribution < -0.4 is 22.5 Å². The van der Waals surface area contributed by atoms with Gasteiger partial charge in [-0.25, -0.2) is 0 Å². The highest BCUT2D eigenvalue weighted by atomic mass is 15.0. The number of nitrogens with two attached hydrogens (primary N) is 3. The zero-order valence-electron chi connectivity index (χ0n) is 9.91. The van der Waals surface area contributed by atoms with Crippen LogP contribution >= 0.6 is 0 Å². The van der Waals surface area contributed by atoms with E-state index >= 15 is 0 Å². The van der Waals surface area contributed by atoms with Gasteiger partial charge in [0.05, 0.1) is 6.04 Å². The third-order valence-electron chi connectivity index (χ3n) is 3.87. The molecule has 0 spiro atoms. The average molecular weight is 224 g/mol. The lowest BCUT2D eigenvalue weighted by Crippen LogP contribution is -2.48. The van der Waals surface area contributed by atoms with Crippen LogP contribution in [-0.2, 0) is 0 Å². The molecule has 0 aromatic heterocycles. The van der Waals surface area contributed by atoms with E-state index in [1.54, 1.807) is 0 Å². The van der Waals surface area contributed by atoms with E-state index in [1.807, 2.05) is 0 Å². The number of rotatable bonds is 2. The van der Waals surface area contributed by atoms with Crippen molar-refractivity contribution in [3.8, 4) is 0 Å². The molecule has 7 N–H and O–H groups in total. The molecule has 1 fully saturated rings. The van der Waals surface area contributed by atoms with E-state index in [-0.39, 0.29) is 12.1 Å². The van der Waals surface area contributed by atoms with Crippen molar-refractivity contribution in [1.29, 1.82) is 0 Å². The topological polar surface area (TPSA) is 90.1 Å². The second kappa shape index (κ2) is 5.06. The fourth-order valence-corrected chi connectivity index (χ4v) is 2.39. The molecule has 0 aromatic carbocycles. The molecule has 2 aliphatic carbocycles. The highest BCUT2D eigenvalue weighted by Gasteiger charge is 2.24. The summed E-state index contributed by atoms with van der Waals surface area (Å²) in [4.78, 5) is 0. The summed E-state index contributed by atoms with van der Waals surface area (Å²) in [5.74, 6) is 0. The van der Waals surface area contributed by atoms with Crippen molar-refractivity contribution in [3.63, 3.8) is 0 Å². The van der Waals surface area contributed by atoms with Gasteiger partial charge in [-0.2, -0.15) is 0 Å². The molecule has 0 aliphatic heterocycles. The van der Waals surface area contributed by atoms with Crippen molar-refractivity contribution in [2.75, 3.05) is 0 Å². The standard InChI is InChI=1S/C12H24N4/c13-9-6-1-2-7-10(12(15)11(9)14)16-8-4-3-5-8/h8-9,11,16H,1-7,13-15H2/b12-10-. The Hall–Kier alpha value is -0.740. The van der Waals surface area contributed by atoms with Crippen LogP contribution in [0.15, 0.2) is 11.4 Å². The Bertz CT molecular complexity index is 270. The molecule has 1 saturated carbocycles. The summed E-state index contributed by atoms with van der Waals surface area (Å²) in [5.41, 5.74) is 20.2. The van der Waals surface area contributed by atoms with Crippen LogP contribution in [0.3, 0.4) is 0 Å². The van der Waals surface area contributed by atoms with E-state index in [4.69, 9.17) is 17.2 Å². The maximum Gasteiger partial charge on any atom is 0.0613 e. The van der Waals surface area contributed by atoms with Crippen LogP contribution in [-0.4, -0.2) is 18.1 Å². The van der Waals surface area contributed by atoms with Gasteiger partial charge in [0.1, 0.15) is 0 Å². The lowest BCUT2D eigenvalue weighted by molar-refractivity contribution is 0.352. The highest BCUT2D eigenvalue weighted by molar-refractivity contribution is 5.19. The van der Waals surface area contributed by atoms with E-state index < -0.39 is 0 Å². The summed E-state index contributed by atoms with van der Waals surface area (Å²) < 4.78 is 0. The lowest BCUT2D eigenvalue weighted by Gasteiger charge is -2.32. The van der Waals surface area contributed by atoms with Gasteiger partial charge >= 0.3 is 0 Å². The van der Waals surface area contributed by atoms with Gasteiger partial charge in [-0.15, -0.1) is 0 Å². The van der Waals surface area contributed by atoms with Crippen molar-refractivity contribution in [2.45, 2.75) is 63.1 Å². The second-order valence-electron chi connectivity index (χ2n) is 5.14. The van der Waals surface area contributed by atoms with Crippen LogP contribution in [0.4, 0.5) is 0 Å². The van der Waals surface area contributed by atoms with E-state index in [0.29, 0.717) is 6.04 Å². The van der Waals surface area contributed by atoms with E-state index in [1.165, 1.54) is 19.3 Å². The predicted molar refractivity (Wildman–Crippen MR) is 66.4 cm³/mol. The smallest absolute Gasteiger partial charge is 0.0613 e. The molecule has 0 radical (unpaired) electrons. The molecule has 2 unspecified atom stereocenters. The first-order valence-corrected chi connectivity index (χ1v) is 6.44. The molecule has 0 saturated heterocycles. The molecule has 4 nitrogen and oxygen atoms in total. The quantitative estimate of drug-likeness (QED) is 0.550. The van der Waals surface area contributed by atoms with Crippen molar-refractivity contribution in [2.24, 2.45) is 17.2 Å². The fraction of sp³-hybridized carbons (Fsp3) is 0.833. The summed E-state index contributed by atoms with van der Waals surface area (Å²) in [6.45, 7) is 0. The van der Waals surface area contributed by atoms with Gasteiger partial charge in [-0.1, -0.05) is 6.42 Å². The zero-order valence-corrected chi connectivity index (χ0v) is 9.91. The summed E-state index contributed by atoms with van der Waals surface area (Å²) >= 11 is 0. The monoisotopic (exact) mass is 224 g/mol. The minimum Gasteiger partial charge on any atom is -0.399 e. The first-order valence-electron chi connectivity index (χ1n) is 6.44. The summed E-state index contributed by atoms with van der Waals surface area (Å²) in [6.07, 6.45) is 8.18. The van der Waals surface area contributed by atoms with Gasteiger partial charge < -0.3 is 22.5 Å². The van der Waals surface area contributed by atoms with Crippen LogP contribution in [0.1, 0.15) is 44.9 Å². The zero-order chi connectivity index (χ0) is 11.5. The van der Waals surface area contributed by atoms with Gasteiger partial charge in [0.25, 0.3) is 0 Å². The van der Waals surface area contributed by atoms with Gasteiger partial charge in [0, 0.05) is 23.5 Å². The molecule has 0 amide bonds. The van der Waals surface area contributed by atoms with Crippen LogP contribution in [0, 0.1) is 0 Å². The fourth-order valence-electron chi connectivity index (χ4n) is 2.39. The molecular weight excluding hydrogens is 200 g/mol. The molecule has 2 rings (SSSR count). The second-order valence-corrected chi connectivity index (χ2v) is 5.14. The van der Waals surface area contributed by atoms with Crippen LogP contribution in [0.2, 0.25) is 0 Å². The van der Waals surface area contributed by atoms with E-state index in [9.17, 15) is 0 Å². The average Bonchev–Trinajstić information content (AvgIpc) is 2.22. The van der Waals surface area contributed by atoms with Crippen LogP contribution in [0.25, 0.3) is 0 Å². The molecule has 2 atom stereocenters. The summed E-state index contributed by atoms with van der Waals surface area (Å²) in [5, 5.41) is 3.54. The lowest BCUT2D eigenvalue weighted by atomic mass is 9.90. The third kappa shape index (κ3) is 2.50. The molecule has 0 bridgehead atoms. The molecule has 4 heteroatoms. The minimum atomic E-state index is -0.178. The first kappa shape index (κ1) is 11.7. The van der Waals surface area contributed by atoms with Crippen molar-refractivity contribution < 1.29 is 0 Å². The van der Waals surface area contributed by atoms with Crippen molar-refractivity contribution >= 4 is 0 Å². The number of hydrogen-bond donors (Lipinski definition) is 4. The molecule has 92 valence electrons. The van der Waals surface area contributed by atoms with Gasteiger partial charge in [-0.3, -0.25) is 0 Å². The Kier molecular flexibility index (Phi) is 3.71. The normalized spacial score (nSPS) is 37.4. The third-order valence-corrected chi connectivity index (χ3v) is 3.87. The van der Waals surface area contributed by atoms with Crippen molar-refractivity contribution in [1.82, 2.24) is 5.32 Å². The predicted octanol–water partition coefficient (Wildman–Crippen LogP) is 0.527. The van der Waals surface area contributed by atoms with E-state index in [2.05, 4.69) is 5.32 Å². The molecule has 16 heavy (non-hydrogen) atoms. The highest BCUT2D eigenvalue weighted by Crippen LogP contribution is 2.23. The molecule has 0 aromatic rings. The molecule has 2 aliphatic rings. The van der Waals surface area contributed by atoms with Crippen molar-refractivity contribution in [3.05, 3.63) is 11.4 Å². The molecular formula is C12H24N4. The maximum atomic E-state index is 6.12. The Morgan fingerprint density at radius 2 is 1.75 bits per heavy atom. The maximum absolute atomic E-state index is 6.12. The summed E-state index contributed by atoms with van der Waals surface area (Å²) in [6, 6.07) is 0.456. The van der Waals surface area contributed by atoms with Gasteiger partial charge in [0.2, 0.25) is 0 Å². The van der Waals surface area contributed by atoms with Gasteiger partial charge in [-0.05, 0) is 38.5 Å². The SMILES string of the molecule is N/C1=C(\NC2CCC2)CCCCC(N)C1N. The number of hydrogen-bond acceptors (Lipinski definition) is 4. The largest absolute Gasteiger partial charge is 0.399 e.